The summed E-state index contributed by atoms with van der Waals surface area (Å²) < 4.78 is 12.3. The number of amides is 3. The van der Waals surface area contributed by atoms with Gasteiger partial charge < -0.3 is 29.9 Å². The highest BCUT2D eigenvalue weighted by Crippen LogP contribution is 2.38. The second kappa shape index (κ2) is 11.0. The van der Waals surface area contributed by atoms with Gasteiger partial charge in [0, 0.05) is 14.1 Å². The van der Waals surface area contributed by atoms with Crippen molar-refractivity contribution >= 4 is 25.0 Å². The highest BCUT2D eigenvalue weighted by molar-refractivity contribution is 6.48. The second-order valence-electron chi connectivity index (χ2n) is 9.61. The number of carboxylic acid groups (broad SMARTS) is 1. The Labute approximate surface area is 196 Å². The zero-order valence-corrected chi connectivity index (χ0v) is 20.4. The van der Waals surface area contributed by atoms with Crippen molar-refractivity contribution in [1.82, 2.24) is 15.5 Å². The average Bonchev–Trinajstić information content (AvgIpc) is 2.94. The molecule has 3 amide bonds. The van der Waals surface area contributed by atoms with E-state index in [4.69, 9.17) is 14.4 Å². The highest BCUT2D eigenvalue weighted by atomic mass is 16.7. The van der Waals surface area contributed by atoms with Crippen molar-refractivity contribution in [2.45, 2.75) is 76.6 Å². The van der Waals surface area contributed by atoms with Gasteiger partial charge in [-0.3, -0.25) is 9.59 Å². The van der Waals surface area contributed by atoms with Crippen LogP contribution in [0.3, 0.4) is 0 Å². The number of benzene rings is 1. The molecule has 1 heterocycles. The number of hydrogen-bond acceptors (Lipinski definition) is 5. The molecule has 182 valence electrons. The Balaban J connectivity index is 2.15. The van der Waals surface area contributed by atoms with E-state index >= 15 is 0 Å². The van der Waals surface area contributed by atoms with E-state index in [9.17, 15) is 14.4 Å². The minimum absolute atomic E-state index is 0.286. The number of nitrogens with one attached hydrogen (secondary N) is 2. The Morgan fingerprint density at radius 3 is 2.12 bits per heavy atom. The van der Waals surface area contributed by atoms with Crippen LogP contribution < -0.4 is 10.6 Å². The molecule has 3 N–H and O–H groups in total. The maximum absolute atomic E-state index is 13.0. The molecule has 1 aromatic rings. The van der Waals surface area contributed by atoms with Crippen LogP contribution in [0.1, 0.15) is 52.5 Å². The monoisotopic (exact) mass is 461 g/mol. The van der Waals surface area contributed by atoms with Crippen molar-refractivity contribution in [3.05, 3.63) is 35.9 Å². The molecule has 2 unspecified atom stereocenters. The van der Waals surface area contributed by atoms with Gasteiger partial charge in [0.2, 0.25) is 11.8 Å². The summed E-state index contributed by atoms with van der Waals surface area (Å²) in [7, 11) is 2.40. The molecule has 0 aliphatic carbocycles. The quantitative estimate of drug-likeness (QED) is 0.460. The van der Waals surface area contributed by atoms with Gasteiger partial charge in [-0.25, -0.2) is 4.79 Å². The Morgan fingerprint density at radius 1 is 1.03 bits per heavy atom. The number of hydrogen-bond donors (Lipinski definition) is 3. The van der Waals surface area contributed by atoms with Crippen molar-refractivity contribution in [3.8, 4) is 0 Å². The van der Waals surface area contributed by atoms with E-state index in [0.29, 0.717) is 6.42 Å². The first-order valence-corrected chi connectivity index (χ1v) is 11.2. The van der Waals surface area contributed by atoms with E-state index in [1.54, 1.807) is 14.1 Å². The van der Waals surface area contributed by atoms with E-state index in [2.05, 4.69) is 10.6 Å². The van der Waals surface area contributed by atoms with Gasteiger partial charge in [0.15, 0.2) is 0 Å². The number of carbonyl (C=O) groups is 3. The SMILES string of the molecule is CN(C)C(=O)CC(NC(=O)O)C(=O)NC(CCCc1ccccc1)B1OC(C)(C)C(C)(C)O1. The van der Waals surface area contributed by atoms with Gasteiger partial charge in [0.1, 0.15) is 6.04 Å². The molecule has 1 aromatic carbocycles. The maximum Gasteiger partial charge on any atom is 0.481 e. The van der Waals surface area contributed by atoms with Gasteiger partial charge in [-0.1, -0.05) is 30.3 Å². The Morgan fingerprint density at radius 2 is 1.61 bits per heavy atom. The van der Waals surface area contributed by atoms with Crippen LogP contribution in [0.4, 0.5) is 4.79 Å². The Hall–Kier alpha value is -2.59. The standard InChI is InChI=1S/C23H36BN3O6/c1-22(2)23(3,4)33-24(32-22)18(14-10-13-16-11-8-7-9-12-16)26-20(29)17(25-21(30)31)15-19(28)27(5)6/h7-9,11-12,17-18,25H,10,13-15H2,1-6H3,(H,26,29)(H,30,31). The lowest BCUT2D eigenvalue weighted by molar-refractivity contribution is -0.133. The summed E-state index contributed by atoms with van der Waals surface area (Å²) in [5.41, 5.74) is 0.0119. The normalized spacial score (nSPS) is 18.3. The summed E-state index contributed by atoms with van der Waals surface area (Å²) >= 11 is 0. The molecule has 1 fully saturated rings. The third kappa shape index (κ3) is 7.47. The van der Waals surface area contributed by atoms with Crippen LogP contribution >= 0.6 is 0 Å². The zero-order valence-electron chi connectivity index (χ0n) is 20.4. The van der Waals surface area contributed by atoms with Crippen LogP contribution in [-0.2, 0) is 25.3 Å². The summed E-state index contributed by atoms with van der Waals surface area (Å²) in [6.07, 6.45) is 0.456. The minimum Gasteiger partial charge on any atom is -0.465 e. The molecule has 33 heavy (non-hydrogen) atoms. The summed E-state index contributed by atoms with van der Waals surface area (Å²) in [5.74, 6) is -1.47. The van der Waals surface area contributed by atoms with Gasteiger partial charge in [-0.2, -0.15) is 0 Å². The van der Waals surface area contributed by atoms with Crippen molar-refractivity contribution in [2.75, 3.05) is 14.1 Å². The fraction of sp³-hybridized carbons (Fsp3) is 0.609. The van der Waals surface area contributed by atoms with E-state index in [1.165, 1.54) is 10.5 Å². The lowest BCUT2D eigenvalue weighted by Gasteiger charge is -2.32. The lowest BCUT2D eigenvalue weighted by atomic mass is 9.75. The topological polar surface area (TPSA) is 117 Å². The summed E-state index contributed by atoms with van der Waals surface area (Å²) in [4.78, 5) is 37.7. The van der Waals surface area contributed by atoms with E-state index in [1.807, 2.05) is 58.0 Å². The highest BCUT2D eigenvalue weighted by Gasteiger charge is 2.54. The van der Waals surface area contributed by atoms with E-state index in [0.717, 1.165) is 12.8 Å². The average molecular weight is 461 g/mol. The smallest absolute Gasteiger partial charge is 0.465 e. The molecule has 0 aromatic heterocycles. The summed E-state index contributed by atoms with van der Waals surface area (Å²) in [5, 5.41) is 14.2. The maximum atomic E-state index is 13.0. The second-order valence-corrected chi connectivity index (χ2v) is 9.61. The molecule has 0 spiro atoms. The first-order chi connectivity index (χ1) is 15.3. The Kier molecular flexibility index (Phi) is 8.91. The molecule has 0 radical (unpaired) electrons. The number of rotatable bonds is 10. The molecule has 1 aliphatic heterocycles. The molecule has 0 bridgehead atoms. The van der Waals surface area contributed by atoms with Gasteiger partial charge in [0.25, 0.3) is 0 Å². The van der Waals surface area contributed by atoms with Crippen LogP contribution in [0.2, 0.25) is 0 Å². The Bertz CT molecular complexity index is 815. The molecule has 10 heteroatoms. The van der Waals surface area contributed by atoms with Crippen molar-refractivity contribution in [2.24, 2.45) is 0 Å². The third-order valence-electron chi connectivity index (χ3n) is 6.24. The van der Waals surface area contributed by atoms with Crippen molar-refractivity contribution in [3.63, 3.8) is 0 Å². The van der Waals surface area contributed by atoms with Crippen molar-refractivity contribution in [1.29, 1.82) is 0 Å². The minimum atomic E-state index is -1.38. The van der Waals surface area contributed by atoms with Crippen LogP contribution in [0.5, 0.6) is 0 Å². The predicted octanol–water partition coefficient (Wildman–Crippen LogP) is 2.24. The first kappa shape index (κ1) is 26.7. The van der Waals surface area contributed by atoms with Gasteiger partial charge in [0.05, 0.1) is 23.6 Å². The molecule has 9 nitrogen and oxygen atoms in total. The predicted molar refractivity (Wildman–Crippen MR) is 126 cm³/mol. The molecule has 1 saturated heterocycles. The largest absolute Gasteiger partial charge is 0.481 e. The molecule has 0 saturated carbocycles. The number of carbonyl (C=O) groups excluding carboxylic acids is 2. The summed E-state index contributed by atoms with van der Waals surface area (Å²) in [6, 6.07) is 8.78. The van der Waals surface area contributed by atoms with E-state index in [-0.39, 0.29) is 12.3 Å². The van der Waals surface area contributed by atoms with Crippen LogP contribution in [0.15, 0.2) is 30.3 Å². The van der Waals surface area contributed by atoms with Gasteiger partial charge in [-0.05, 0) is 52.5 Å². The fourth-order valence-electron chi connectivity index (χ4n) is 3.50. The molecule has 2 atom stereocenters. The lowest BCUT2D eigenvalue weighted by Crippen LogP contribution is -2.55. The number of aryl methyl sites for hydroxylation is 1. The molecule has 2 rings (SSSR count). The summed E-state index contributed by atoms with van der Waals surface area (Å²) in [6.45, 7) is 7.72. The fourth-order valence-corrected chi connectivity index (χ4v) is 3.50. The zero-order chi connectivity index (χ0) is 24.8. The van der Waals surface area contributed by atoms with Crippen LogP contribution in [0, 0.1) is 0 Å². The van der Waals surface area contributed by atoms with Gasteiger partial charge >= 0.3 is 13.2 Å². The molecule has 1 aliphatic rings. The van der Waals surface area contributed by atoms with Gasteiger partial charge in [-0.15, -0.1) is 0 Å². The van der Waals surface area contributed by atoms with E-state index < -0.39 is 42.3 Å². The number of nitrogens with zero attached hydrogens (tertiary/aromatic N) is 1. The molecular formula is C23H36BN3O6. The van der Waals surface area contributed by atoms with Crippen molar-refractivity contribution < 1.29 is 28.8 Å². The third-order valence-corrected chi connectivity index (χ3v) is 6.24. The van der Waals surface area contributed by atoms with Crippen LogP contribution in [0.25, 0.3) is 0 Å². The van der Waals surface area contributed by atoms with Crippen LogP contribution in [-0.4, -0.2) is 72.3 Å². The molecular weight excluding hydrogens is 425 g/mol. The first-order valence-electron chi connectivity index (χ1n) is 11.2.